The summed E-state index contributed by atoms with van der Waals surface area (Å²) in [5.41, 5.74) is -0.517. The maximum absolute atomic E-state index is 12.2. The highest BCUT2D eigenvalue weighted by atomic mass is 32.2. The summed E-state index contributed by atoms with van der Waals surface area (Å²) in [7, 11) is -1.88. The third kappa shape index (κ3) is 6.44. The first-order valence-electron chi connectivity index (χ1n) is 7.15. The highest BCUT2D eigenvalue weighted by Gasteiger charge is 2.22. The van der Waals surface area contributed by atoms with Crippen LogP contribution in [0.5, 0.6) is 0 Å². The minimum absolute atomic E-state index is 0.247. The highest BCUT2D eigenvalue weighted by molar-refractivity contribution is 7.91. The molecule has 1 aromatic rings. The minimum Gasteiger partial charge on any atom is -0.377 e. The molecule has 0 atom stereocenters. The Balaban J connectivity index is 2.58. The Morgan fingerprint density at radius 1 is 1.29 bits per heavy atom. The highest BCUT2D eigenvalue weighted by Crippen LogP contribution is 2.22. The summed E-state index contributed by atoms with van der Waals surface area (Å²) >= 11 is 1.32. The number of sulfonamides is 1. The molecule has 2 N–H and O–H groups in total. The average Bonchev–Trinajstić information content (AvgIpc) is 2.91. The molecule has 0 saturated carbocycles. The van der Waals surface area contributed by atoms with Gasteiger partial charge in [-0.05, 0) is 51.9 Å². The number of methoxy groups -OCH3 is 1. The van der Waals surface area contributed by atoms with Gasteiger partial charge in [-0.1, -0.05) is 6.92 Å². The van der Waals surface area contributed by atoms with Crippen LogP contribution in [-0.2, 0) is 21.2 Å². The molecule has 21 heavy (non-hydrogen) atoms. The Labute approximate surface area is 132 Å². The third-order valence-corrected chi connectivity index (χ3v) is 6.16. The average molecular weight is 335 g/mol. The molecule has 0 aliphatic heterocycles. The summed E-state index contributed by atoms with van der Waals surface area (Å²) in [5.74, 6) is 0. The number of rotatable bonds is 10. The molecule has 1 heterocycles. The van der Waals surface area contributed by atoms with Gasteiger partial charge >= 0.3 is 0 Å². The molecule has 0 amide bonds. The van der Waals surface area contributed by atoms with Gasteiger partial charge in [0.25, 0.3) is 0 Å². The van der Waals surface area contributed by atoms with Gasteiger partial charge in [-0.15, -0.1) is 11.3 Å². The Morgan fingerprint density at radius 3 is 2.62 bits per heavy atom. The minimum atomic E-state index is -3.45. The smallest absolute Gasteiger partial charge is 0.250 e. The monoisotopic (exact) mass is 334 g/mol. The summed E-state index contributed by atoms with van der Waals surface area (Å²) < 4.78 is 32.6. The van der Waals surface area contributed by atoms with Crippen LogP contribution < -0.4 is 10.0 Å². The lowest BCUT2D eigenvalue weighted by molar-refractivity contribution is 0.0276. The molecule has 0 radical (unpaired) electrons. The molecular formula is C14H26N2O3S2. The summed E-state index contributed by atoms with van der Waals surface area (Å²) in [6, 6.07) is 3.55. The van der Waals surface area contributed by atoms with E-state index in [1.807, 2.05) is 19.9 Å². The van der Waals surface area contributed by atoms with Crippen molar-refractivity contribution in [3.8, 4) is 0 Å². The predicted molar refractivity (Wildman–Crippen MR) is 87.5 cm³/mol. The molecule has 1 aromatic heterocycles. The van der Waals surface area contributed by atoms with Gasteiger partial charge in [0.1, 0.15) is 4.21 Å². The zero-order valence-electron chi connectivity index (χ0n) is 13.2. The van der Waals surface area contributed by atoms with Gasteiger partial charge in [0.2, 0.25) is 10.0 Å². The Morgan fingerprint density at radius 2 is 2.00 bits per heavy atom. The number of hydrogen-bond donors (Lipinski definition) is 2. The SMILES string of the molecule is CCCNCCc1ccc(S(=O)(=O)NCC(C)(C)OC)s1. The molecule has 0 aliphatic carbocycles. The lowest BCUT2D eigenvalue weighted by atomic mass is 10.1. The zero-order chi connectivity index (χ0) is 15.9. The van der Waals surface area contributed by atoms with Gasteiger partial charge in [0.05, 0.1) is 5.60 Å². The van der Waals surface area contributed by atoms with E-state index in [2.05, 4.69) is 17.0 Å². The van der Waals surface area contributed by atoms with Crippen molar-refractivity contribution in [1.82, 2.24) is 10.0 Å². The summed E-state index contributed by atoms with van der Waals surface area (Å²) in [5, 5.41) is 3.31. The van der Waals surface area contributed by atoms with Gasteiger partial charge < -0.3 is 10.1 Å². The van der Waals surface area contributed by atoms with Crippen LogP contribution in [0.2, 0.25) is 0 Å². The van der Waals surface area contributed by atoms with Crippen LogP contribution >= 0.6 is 11.3 Å². The van der Waals surface area contributed by atoms with E-state index in [0.717, 1.165) is 30.8 Å². The van der Waals surface area contributed by atoms with Crippen LogP contribution in [0.25, 0.3) is 0 Å². The van der Waals surface area contributed by atoms with Crippen LogP contribution in [0.15, 0.2) is 16.3 Å². The topological polar surface area (TPSA) is 67.4 Å². The second-order valence-corrected chi connectivity index (χ2v) is 8.67. The van der Waals surface area contributed by atoms with Gasteiger partial charge in [0.15, 0.2) is 0 Å². The van der Waals surface area contributed by atoms with Gasteiger partial charge in [0, 0.05) is 18.5 Å². The molecule has 0 unspecified atom stereocenters. The lowest BCUT2D eigenvalue weighted by Crippen LogP contribution is -2.39. The van der Waals surface area contributed by atoms with E-state index in [0.29, 0.717) is 4.21 Å². The zero-order valence-corrected chi connectivity index (χ0v) is 14.9. The molecule has 0 aromatic carbocycles. The first kappa shape index (κ1) is 18.6. The standard InChI is InChI=1S/C14H26N2O3S2/c1-5-9-15-10-8-12-6-7-13(20-12)21(17,18)16-11-14(2,3)19-4/h6-7,15-16H,5,8-11H2,1-4H3. The van der Waals surface area contributed by atoms with Crippen molar-refractivity contribution >= 4 is 21.4 Å². The number of thiophene rings is 1. The maximum Gasteiger partial charge on any atom is 0.250 e. The van der Waals surface area contributed by atoms with Crippen molar-refractivity contribution in [3.05, 3.63) is 17.0 Å². The van der Waals surface area contributed by atoms with E-state index < -0.39 is 15.6 Å². The Kier molecular flexibility index (Phi) is 7.29. The lowest BCUT2D eigenvalue weighted by Gasteiger charge is -2.22. The fraction of sp³-hybridized carbons (Fsp3) is 0.714. The second kappa shape index (κ2) is 8.24. The Bertz CT molecular complexity index is 524. The van der Waals surface area contributed by atoms with E-state index in [9.17, 15) is 8.42 Å². The normalized spacial score (nSPS) is 12.8. The van der Waals surface area contributed by atoms with Crippen LogP contribution in [0.4, 0.5) is 0 Å². The van der Waals surface area contributed by atoms with E-state index in [1.54, 1.807) is 13.2 Å². The van der Waals surface area contributed by atoms with Gasteiger partial charge in [-0.3, -0.25) is 0 Å². The molecule has 0 fully saturated rings. The summed E-state index contributed by atoms with van der Waals surface area (Å²) in [6.07, 6.45) is 1.95. The van der Waals surface area contributed by atoms with Crippen molar-refractivity contribution in [2.24, 2.45) is 0 Å². The second-order valence-electron chi connectivity index (χ2n) is 5.51. The van der Waals surface area contributed by atoms with Gasteiger partial charge in [-0.25, -0.2) is 13.1 Å². The van der Waals surface area contributed by atoms with Crippen LogP contribution in [0.1, 0.15) is 32.1 Å². The molecule has 0 aliphatic rings. The van der Waals surface area contributed by atoms with E-state index in [4.69, 9.17) is 4.74 Å². The first-order chi connectivity index (χ1) is 9.80. The molecule has 1 rings (SSSR count). The molecule has 0 bridgehead atoms. The fourth-order valence-corrected chi connectivity index (χ4v) is 4.16. The summed E-state index contributed by atoms with van der Waals surface area (Å²) in [6.45, 7) is 7.92. The van der Waals surface area contributed by atoms with E-state index in [1.165, 1.54) is 11.3 Å². The van der Waals surface area contributed by atoms with Gasteiger partial charge in [-0.2, -0.15) is 0 Å². The van der Waals surface area contributed by atoms with Crippen LogP contribution in [0.3, 0.4) is 0 Å². The molecule has 122 valence electrons. The van der Waals surface area contributed by atoms with Crippen LogP contribution in [0, 0.1) is 0 Å². The third-order valence-electron chi connectivity index (χ3n) is 3.12. The van der Waals surface area contributed by atoms with E-state index >= 15 is 0 Å². The quantitative estimate of drug-likeness (QED) is 0.642. The van der Waals surface area contributed by atoms with Crippen LogP contribution in [-0.4, -0.2) is 40.8 Å². The van der Waals surface area contributed by atoms with Crippen molar-refractivity contribution < 1.29 is 13.2 Å². The maximum atomic E-state index is 12.2. The van der Waals surface area contributed by atoms with Crippen molar-refractivity contribution in [2.75, 3.05) is 26.7 Å². The molecule has 0 saturated heterocycles. The van der Waals surface area contributed by atoms with Crippen molar-refractivity contribution in [3.63, 3.8) is 0 Å². The first-order valence-corrected chi connectivity index (χ1v) is 9.45. The summed E-state index contributed by atoms with van der Waals surface area (Å²) in [4.78, 5) is 1.07. The fourth-order valence-electron chi connectivity index (χ4n) is 1.56. The molecule has 5 nitrogen and oxygen atoms in total. The van der Waals surface area contributed by atoms with Crippen molar-refractivity contribution in [1.29, 1.82) is 0 Å². The van der Waals surface area contributed by atoms with E-state index in [-0.39, 0.29) is 6.54 Å². The van der Waals surface area contributed by atoms with Crippen molar-refractivity contribution in [2.45, 2.75) is 43.4 Å². The molecule has 7 heteroatoms. The molecular weight excluding hydrogens is 308 g/mol. The number of nitrogens with one attached hydrogen (secondary N) is 2. The number of ether oxygens (including phenoxy) is 1. The molecule has 0 spiro atoms. The largest absolute Gasteiger partial charge is 0.377 e. The Hall–Kier alpha value is -0.470. The predicted octanol–water partition coefficient (Wildman–Crippen LogP) is 1.99. The number of hydrogen-bond acceptors (Lipinski definition) is 5.